The number of H-pyrrole nitrogens is 1. The van der Waals surface area contributed by atoms with E-state index in [2.05, 4.69) is 25.7 Å². The van der Waals surface area contributed by atoms with Crippen molar-refractivity contribution in [2.75, 3.05) is 5.32 Å². The van der Waals surface area contributed by atoms with E-state index in [1.807, 2.05) is 13.8 Å². The highest BCUT2D eigenvalue weighted by Crippen LogP contribution is 2.15. The topological polar surface area (TPSA) is 83.6 Å². The fourth-order valence-electron chi connectivity index (χ4n) is 1.31. The predicted molar refractivity (Wildman–Crippen MR) is 67.7 cm³/mol. The third-order valence-electron chi connectivity index (χ3n) is 2.33. The molecule has 0 saturated heterocycles. The van der Waals surface area contributed by atoms with Crippen molar-refractivity contribution in [2.45, 2.75) is 19.8 Å². The van der Waals surface area contributed by atoms with Crippen LogP contribution < -0.4 is 5.32 Å². The SMILES string of the molecule is CC(C)c1cc(NC(=O)c2ccc(Cl)nn2)n[nH]1. The molecule has 0 atom stereocenters. The second-order valence-electron chi connectivity index (χ2n) is 4.06. The van der Waals surface area contributed by atoms with E-state index in [4.69, 9.17) is 11.6 Å². The minimum absolute atomic E-state index is 0.188. The number of nitrogens with one attached hydrogen (secondary N) is 2. The molecule has 2 heterocycles. The maximum Gasteiger partial charge on any atom is 0.277 e. The van der Waals surface area contributed by atoms with Crippen molar-refractivity contribution in [1.82, 2.24) is 20.4 Å². The minimum atomic E-state index is -0.374. The Labute approximate surface area is 109 Å². The molecule has 0 aliphatic rings. The third-order valence-corrected chi connectivity index (χ3v) is 2.53. The summed E-state index contributed by atoms with van der Waals surface area (Å²) >= 11 is 5.59. The molecule has 0 aliphatic heterocycles. The van der Waals surface area contributed by atoms with Crippen molar-refractivity contribution < 1.29 is 4.79 Å². The first kappa shape index (κ1) is 12.5. The summed E-state index contributed by atoms with van der Waals surface area (Å²) in [7, 11) is 0. The standard InChI is InChI=1S/C11H12ClN5O/c1-6(2)8-5-10(17-15-8)13-11(18)7-3-4-9(12)16-14-7/h3-6H,1-2H3,(H2,13,15,17,18). The summed E-state index contributed by atoms with van der Waals surface area (Å²) in [6, 6.07) is 4.79. The second kappa shape index (κ2) is 5.14. The van der Waals surface area contributed by atoms with Crippen LogP contribution in [0.25, 0.3) is 0 Å². The number of aromatic nitrogens is 4. The molecule has 0 radical (unpaired) electrons. The first-order valence-electron chi connectivity index (χ1n) is 5.42. The van der Waals surface area contributed by atoms with Gasteiger partial charge in [-0.15, -0.1) is 10.2 Å². The molecule has 2 N–H and O–H groups in total. The maximum absolute atomic E-state index is 11.8. The molecule has 0 bridgehead atoms. The molecule has 0 saturated carbocycles. The quantitative estimate of drug-likeness (QED) is 0.891. The Morgan fingerprint density at radius 2 is 2.17 bits per heavy atom. The van der Waals surface area contributed by atoms with Crippen molar-refractivity contribution in [1.29, 1.82) is 0 Å². The molecule has 94 valence electrons. The number of hydrogen-bond acceptors (Lipinski definition) is 4. The summed E-state index contributed by atoms with van der Waals surface area (Å²) in [5.41, 5.74) is 1.14. The van der Waals surface area contributed by atoms with Crippen LogP contribution in [0.5, 0.6) is 0 Å². The van der Waals surface area contributed by atoms with Crippen LogP contribution in [-0.2, 0) is 0 Å². The Bertz CT molecular complexity index is 549. The van der Waals surface area contributed by atoms with Gasteiger partial charge in [-0.1, -0.05) is 25.4 Å². The van der Waals surface area contributed by atoms with Crippen LogP contribution in [0.15, 0.2) is 18.2 Å². The lowest BCUT2D eigenvalue weighted by molar-refractivity contribution is 0.102. The summed E-state index contributed by atoms with van der Waals surface area (Å²) in [5, 5.41) is 17.0. The molecular formula is C11H12ClN5O. The third kappa shape index (κ3) is 2.84. The summed E-state index contributed by atoms with van der Waals surface area (Å²) in [6.07, 6.45) is 0. The van der Waals surface area contributed by atoms with Gasteiger partial charge >= 0.3 is 0 Å². The van der Waals surface area contributed by atoms with Crippen molar-refractivity contribution in [2.24, 2.45) is 0 Å². The summed E-state index contributed by atoms with van der Waals surface area (Å²) in [4.78, 5) is 11.8. The zero-order valence-corrected chi connectivity index (χ0v) is 10.7. The normalized spacial score (nSPS) is 10.7. The van der Waals surface area contributed by atoms with Crippen molar-refractivity contribution in [3.8, 4) is 0 Å². The largest absolute Gasteiger partial charge is 0.304 e. The summed E-state index contributed by atoms with van der Waals surface area (Å²) in [6.45, 7) is 4.06. The number of aromatic amines is 1. The monoisotopic (exact) mass is 265 g/mol. The highest BCUT2D eigenvalue weighted by molar-refractivity contribution is 6.29. The fourth-order valence-corrected chi connectivity index (χ4v) is 1.41. The summed E-state index contributed by atoms with van der Waals surface area (Å²) in [5.74, 6) is 0.403. The first-order chi connectivity index (χ1) is 8.56. The maximum atomic E-state index is 11.8. The number of carbonyl (C=O) groups excluding carboxylic acids is 1. The molecule has 0 aromatic carbocycles. The highest BCUT2D eigenvalue weighted by atomic mass is 35.5. The van der Waals surface area contributed by atoms with Gasteiger partial charge in [-0.25, -0.2) is 0 Å². The molecule has 2 aromatic rings. The number of hydrogen-bond donors (Lipinski definition) is 2. The molecule has 0 aliphatic carbocycles. The zero-order chi connectivity index (χ0) is 13.1. The van der Waals surface area contributed by atoms with Gasteiger partial charge in [0.2, 0.25) is 0 Å². The predicted octanol–water partition coefficient (Wildman–Crippen LogP) is 2.23. The molecule has 0 fully saturated rings. The molecule has 7 heteroatoms. The minimum Gasteiger partial charge on any atom is -0.304 e. The van der Waals surface area contributed by atoms with Gasteiger partial charge in [0.25, 0.3) is 5.91 Å². The van der Waals surface area contributed by atoms with Gasteiger partial charge in [-0.2, -0.15) is 5.10 Å². The Hall–Kier alpha value is -1.95. The lowest BCUT2D eigenvalue weighted by Gasteiger charge is -2.00. The van der Waals surface area contributed by atoms with Crippen molar-refractivity contribution in [3.63, 3.8) is 0 Å². The van der Waals surface area contributed by atoms with Crippen LogP contribution in [0.1, 0.15) is 35.9 Å². The van der Waals surface area contributed by atoms with Gasteiger partial charge < -0.3 is 5.32 Å². The molecule has 18 heavy (non-hydrogen) atoms. The molecule has 6 nitrogen and oxygen atoms in total. The molecule has 1 amide bonds. The van der Waals surface area contributed by atoms with Gasteiger partial charge in [0, 0.05) is 11.8 Å². The van der Waals surface area contributed by atoms with E-state index >= 15 is 0 Å². The van der Waals surface area contributed by atoms with Crippen molar-refractivity contribution >= 4 is 23.3 Å². The Morgan fingerprint density at radius 3 is 2.72 bits per heavy atom. The fraction of sp³-hybridized carbons (Fsp3) is 0.273. The molecular weight excluding hydrogens is 254 g/mol. The van der Waals surface area contributed by atoms with E-state index in [0.717, 1.165) is 5.69 Å². The Kier molecular flexibility index (Phi) is 3.57. The molecule has 2 aromatic heterocycles. The average Bonchev–Trinajstić information content (AvgIpc) is 2.78. The van der Waals surface area contributed by atoms with Crippen LogP contribution in [0.4, 0.5) is 5.82 Å². The lowest BCUT2D eigenvalue weighted by Crippen LogP contribution is -2.14. The molecule has 0 spiro atoms. The number of nitrogens with zero attached hydrogens (tertiary/aromatic N) is 3. The summed E-state index contributed by atoms with van der Waals surface area (Å²) < 4.78 is 0. The van der Waals surface area contributed by atoms with Crippen LogP contribution in [0, 0.1) is 0 Å². The van der Waals surface area contributed by atoms with Gasteiger partial charge in [0.15, 0.2) is 16.7 Å². The number of rotatable bonds is 3. The lowest BCUT2D eigenvalue weighted by atomic mass is 10.1. The number of halogens is 1. The van der Waals surface area contributed by atoms with E-state index in [9.17, 15) is 4.79 Å². The number of amides is 1. The van der Waals surface area contributed by atoms with E-state index in [1.165, 1.54) is 12.1 Å². The van der Waals surface area contributed by atoms with Crippen LogP contribution in [-0.4, -0.2) is 26.3 Å². The Morgan fingerprint density at radius 1 is 1.39 bits per heavy atom. The number of anilines is 1. The zero-order valence-electron chi connectivity index (χ0n) is 9.94. The van der Waals surface area contributed by atoms with Gasteiger partial charge in [0.1, 0.15) is 0 Å². The van der Waals surface area contributed by atoms with Gasteiger partial charge in [-0.3, -0.25) is 9.89 Å². The van der Waals surface area contributed by atoms with Gasteiger partial charge in [0.05, 0.1) is 0 Å². The Balaban J connectivity index is 2.08. The van der Waals surface area contributed by atoms with Crippen molar-refractivity contribution in [3.05, 3.63) is 34.7 Å². The highest BCUT2D eigenvalue weighted by Gasteiger charge is 2.11. The van der Waals surface area contributed by atoms with Crippen LogP contribution >= 0.6 is 11.6 Å². The van der Waals surface area contributed by atoms with Crippen LogP contribution in [0.2, 0.25) is 5.15 Å². The van der Waals surface area contributed by atoms with E-state index in [0.29, 0.717) is 11.7 Å². The molecule has 2 rings (SSSR count). The first-order valence-corrected chi connectivity index (χ1v) is 5.80. The smallest absolute Gasteiger partial charge is 0.277 e. The van der Waals surface area contributed by atoms with Gasteiger partial charge in [-0.05, 0) is 18.1 Å². The second-order valence-corrected chi connectivity index (χ2v) is 4.45. The van der Waals surface area contributed by atoms with E-state index in [1.54, 1.807) is 6.07 Å². The van der Waals surface area contributed by atoms with E-state index < -0.39 is 0 Å². The molecule has 0 unspecified atom stereocenters. The van der Waals surface area contributed by atoms with E-state index in [-0.39, 0.29) is 16.8 Å². The number of carbonyl (C=O) groups is 1. The van der Waals surface area contributed by atoms with Crippen LogP contribution in [0.3, 0.4) is 0 Å². The average molecular weight is 266 g/mol.